The van der Waals surface area contributed by atoms with Crippen molar-refractivity contribution in [3.05, 3.63) is 54.1 Å². The number of nitrogens with zero attached hydrogens (tertiary/aromatic N) is 1. The number of carbonyl (C=O) groups excluding carboxylic acids is 1. The number of anilines is 1. The van der Waals surface area contributed by atoms with Gasteiger partial charge in [0.05, 0.1) is 24.5 Å². The van der Waals surface area contributed by atoms with E-state index in [9.17, 15) is 13.2 Å². The van der Waals surface area contributed by atoms with Crippen LogP contribution in [0.2, 0.25) is 0 Å². The molecule has 1 aliphatic heterocycles. The van der Waals surface area contributed by atoms with Crippen LogP contribution in [-0.4, -0.2) is 45.9 Å². The van der Waals surface area contributed by atoms with E-state index in [1.54, 1.807) is 31.2 Å². The molecule has 3 rings (SSSR count). The fourth-order valence-corrected chi connectivity index (χ4v) is 4.54. The lowest BCUT2D eigenvalue weighted by molar-refractivity contribution is -0.127. The normalized spacial score (nSPS) is 16.3. The zero-order valence-corrected chi connectivity index (χ0v) is 19.2. The van der Waals surface area contributed by atoms with Gasteiger partial charge in [0.1, 0.15) is 18.1 Å². The van der Waals surface area contributed by atoms with Crippen LogP contribution < -0.4 is 19.1 Å². The number of rotatable bonds is 7. The van der Waals surface area contributed by atoms with Crippen LogP contribution in [0.15, 0.2) is 48.5 Å². The molecule has 1 heterocycles. The molecule has 7 nitrogen and oxygen atoms in total. The zero-order valence-electron chi connectivity index (χ0n) is 18.4. The molecule has 1 aliphatic rings. The van der Waals surface area contributed by atoms with E-state index < -0.39 is 16.1 Å². The van der Waals surface area contributed by atoms with Crippen LogP contribution in [-0.2, 0) is 20.2 Å². The van der Waals surface area contributed by atoms with E-state index in [4.69, 9.17) is 9.47 Å². The molecule has 2 aromatic carbocycles. The SMILES string of the molecule is CCS(=O)(=O)N1CC(C(=O)NCCOc2ccccc2C(C)(C)C)Oc2ccccc21. The first kappa shape index (κ1) is 22.9. The van der Waals surface area contributed by atoms with Crippen molar-refractivity contribution in [3.63, 3.8) is 0 Å². The third kappa shape index (κ3) is 5.31. The quantitative estimate of drug-likeness (QED) is 0.661. The maximum absolute atomic E-state index is 12.7. The number of sulfonamides is 1. The topological polar surface area (TPSA) is 84.9 Å². The first-order chi connectivity index (χ1) is 14.6. The summed E-state index contributed by atoms with van der Waals surface area (Å²) in [4.78, 5) is 12.7. The van der Waals surface area contributed by atoms with Crippen molar-refractivity contribution in [1.82, 2.24) is 5.32 Å². The van der Waals surface area contributed by atoms with Crippen LogP contribution in [0, 0.1) is 0 Å². The van der Waals surface area contributed by atoms with Crippen molar-refractivity contribution < 1.29 is 22.7 Å². The van der Waals surface area contributed by atoms with E-state index in [0.717, 1.165) is 11.3 Å². The van der Waals surface area contributed by atoms with Gasteiger partial charge in [-0.2, -0.15) is 0 Å². The standard InChI is InChI=1S/C23H30N2O5S/c1-5-31(27,28)25-16-21(30-20-13-9-7-11-18(20)25)22(26)24-14-15-29-19-12-8-6-10-17(19)23(2,3)4/h6-13,21H,5,14-16H2,1-4H3,(H,24,26). The van der Waals surface area contributed by atoms with Crippen LogP contribution >= 0.6 is 0 Å². The Morgan fingerprint density at radius 1 is 1.16 bits per heavy atom. The Morgan fingerprint density at radius 3 is 2.55 bits per heavy atom. The molecule has 1 unspecified atom stereocenters. The average Bonchev–Trinajstić information content (AvgIpc) is 2.75. The number of hydrogen-bond donors (Lipinski definition) is 1. The first-order valence-corrected chi connectivity index (χ1v) is 12.0. The van der Waals surface area contributed by atoms with Crippen LogP contribution in [0.5, 0.6) is 11.5 Å². The molecular formula is C23H30N2O5S. The van der Waals surface area contributed by atoms with Crippen LogP contribution in [0.25, 0.3) is 0 Å². The lowest BCUT2D eigenvalue weighted by Gasteiger charge is -2.34. The van der Waals surface area contributed by atoms with Gasteiger partial charge in [0.25, 0.3) is 5.91 Å². The predicted molar refractivity (Wildman–Crippen MR) is 121 cm³/mol. The number of carbonyl (C=O) groups is 1. The summed E-state index contributed by atoms with van der Waals surface area (Å²) in [6.07, 6.45) is -0.932. The average molecular weight is 447 g/mol. The monoisotopic (exact) mass is 446 g/mol. The number of fused-ring (bicyclic) bond motifs is 1. The summed E-state index contributed by atoms with van der Waals surface area (Å²) in [7, 11) is -3.53. The molecule has 2 aromatic rings. The first-order valence-electron chi connectivity index (χ1n) is 10.4. The highest BCUT2D eigenvalue weighted by atomic mass is 32.2. The minimum absolute atomic E-state index is 0.0581. The number of amides is 1. The van der Waals surface area contributed by atoms with Crippen LogP contribution in [0.1, 0.15) is 33.3 Å². The van der Waals surface area contributed by atoms with Gasteiger partial charge >= 0.3 is 0 Å². The fourth-order valence-electron chi connectivity index (χ4n) is 3.42. The lowest BCUT2D eigenvalue weighted by atomic mass is 9.86. The molecule has 1 N–H and O–H groups in total. The van der Waals surface area contributed by atoms with E-state index >= 15 is 0 Å². The van der Waals surface area contributed by atoms with Gasteiger partial charge in [-0.15, -0.1) is 0 Å². The lowest BCUT2D eigenvalue weighted by Crippen LogP contribution is -2.51. The van der Waals surface area contributed by atoms with Gasteiger partial charge in [0.2, 0.25) is 10.0 Å². The largest absolute Gasteiger partial charge is 0.491 e. The summed E-state index contributed by atoms with van der Waals surface area (Å²) in [5.74, 6) is 0.726. The van der Waals surface area contributed by atoms with Crippen LogP contribution in [0.3, 0.4) is 0 Å². The van der Waals surface area contributed by atoms with E-state index in [1.165, 1.54) is 4.31 Å². The van der Waals surface area contributed by atoms with Crippen molar-refractivity contribution in [2.45, 2.75) is 39.2 Å². The highest BCUT2D eigenvalue weighted by Crippen LogP contribution is 2.35. The van der Waals surface area contributed by atoms with Crippen molar-refractivity contribution in [3.8, 4) is 11.5 Å². The molecule has 0 saturated carbocycles. The third-order valence-corrected chi connectivity index (χ3v) is 6.83. The van der Waals surface area contributed by atoms with Gasteiger partial charge in [-0.05, 0) is 36.1 Å². The number of benzene rings is 2. The maximum atomic E-state index is 12.7. The van der Waals surface area contributed by atoms with Gasteiger partial charge in [0, 0.05) is 0 Å². The fraction of sp³-hybridized carbons (Fsp3) is 0.435. The second kappa shape index (κ2) is 9.18. The molecule has 168 valence electrons. The van der Waals surface area contributed by atoms with Crippen molar-refractivity contribution >= 4 is 21.6 Å². The molecule has 0 aromatic heterocycles. The number of ether oxygens (including phenoxy) is 2. The van der Waals surface area contributed by atoms with Gasteiger partial charge < -0.3 is 14.8 Å². The summed E-state index contributed by atoms with van der Waals surface area (Å²) in [5, 5.41) is 2.79. The summed E-state index contributed by atoms with van der Waals surface area (Å²) in [6, 6.07) is 14.7. The summed E-state index contributed by atoms with van der Waals surface area (Å²) in [6.45, 7) is 8.43. The maximum Gasteiger partial charge on any atom is 0.263 e. The Kier molecular flexibility index (Phi) is 6.79. The Morgan fingerprint density at radius 2 is 1.84 bits per heavy atom. The van der Waals surface area contributed by atoms with Gasteiger partial charge in [-0.25, -0.2) is 8.42 Å². The summed E-state index contributed by atoms with van der Waals surface area (Å²) < 4.78 is 38.0. The highest BCUT2D eigenvalue weighted by molar-refractivity contribution is 7.92. The molecule has 0 fully saturated rings. The molecule has 31 heavy (non-hydrogen) atoms. The molecule has 0 spiro atoms. The minimum atomic E-state index is -3.53. The van der Waals surface area contributed by atoms with Crippen LogP contribution in [0.4, 0.5) is 5.69 Å². The number of nitrogens with one attached hydrogen (secondary N) is 1. The Hall–Kier alpha value is -2.74. The molecule has 0 saturated heterocycles. The summed E-state index contributed by atoms with van der Waals surface area (Å²) in [5.41, 5.74) is 1.49. The van der Waals surface area contributed by atoms with E-state index in [2.05, 4.69) is 26.1 Å². The molecule has 8 heteroatoms. The predicted octanol–water partition coefficient (Wildman–Crippen LogP) is 3.10. The van der Waals surface area contributed by atoms with Crippen molar-refractivity contribution in [2.24, 2.45) is 0 Å². The minimum Gasteiger partial charge on any atom is -0.491 e. The molecular weight excluding hydrogens is 416 g/mol. The molecule has 1 amide bonds. The second-order valence-corrected chi connectivity index (χ2v) is 10.6. The highest BCUT2D eigenvalue weighted by Gasteiger charge is 2.35. The smallest absolute Gasteiger partial charge is 0.263 e. The van der Waals surface area contributed by atoms with Crippen molar-refractivity contribution in [1.29, 1.82) is 0 Å². The molecule has 0 aliphatic carbocycles. The summed E-state index contributed by atoms with van der Waals surface area (Å²) >= 11 is 0. The van der Waals surface area contributed by atoms with E-state index in [-0.39, 0.29) is 30.2 Å². The Balaban J connectivity index is 1.62. The third-order valence-electron chi connectivity index (χ3n) is 5.08. The number of hydrogen-bond acceptors (Lipinski definition) is 5. The second-order valence-electron chi connectivity index (χ2n) is 8.39. The van der Waals surface area contributed by atoms with E-state index in [1.807, 2.05) is 24.3 Å². The Labute approximate surface area is 184 Å². The number of para-hydroxylation sites is 3. The zero-order chi connectivity index (χ0) is 22.6. The van der Waals surface area contributed by atoms with E-state index in [0.29, 0.717) is 18.0 Å². The Bertz CT molecular complexity index is 1030. The molecule has 1 atom stereocenters. The molecule has 0 bridgehead atoms. The molecule has 0 radical (unpaired) electrons. The van der Waals surface area contributed by atoms with Gasteiger partial charge in [-0.1, -0.05) is 51.1 Å². The van der Waals surface area contributed by atoms with Gasteiger partial charge in [0.15, 0.2) is 6.10 Å². The van der Waals surface area contributed by atoms with Crippen molar-refractivity contribution in [2.75, 3.05) is 29.8 Å². The van der Waals surface area contributed by atoms with Gasteiger partial charge in [-0.3, -0.25) is 9.10 Å².